The molecular formula is C35H45F3O5. The summed E-state index contributed by atoms with van der Waals surface area (Å²) in [5.74, 6) is -2.41. The number of aliphatic hydroxyl groups is 1. The van der Waals surface area contributed by atoms with Crippen molar-refractivity contribution in [1.82, 2.24) is 0 Å². The number of allylic oxidation sites excluding steroid dienone is 6. The molecule has 0 aromatic heterocycles. The Morgan fingerprint density at radius 2 is 1.67 bits per heavy atom. The van der Waals surface area contributed by atoms with Crippen LogP contribution in [-0.2, 0) is 24.7 Å². The molecule has 0 unspecified atom stereocenters. The van der Waals surface area contributed by atoms with Gasteiger partial charge >= 0.3 is 12.1 Å². The van der Waals surface area contributed by atoms with E-state index in [2.05, 4.69) is 39.5 Å². The van der Waals surface area contributed by atoms with E-state index >= 15 is 0 Å². The first-order chi connectivity index (χ1) is 20.1. The second-order valence-corrected chi connectivity index (χ2v) is 11.6. The maximum absolute atomic E-state index is 14.5. The highest BCUT2D eigenvalue weighted by molar-refractivity contribution is 5.96. The lowest BCUT2D eigenvalue weighted by Gasteiger charge is -2.34. The minimum Gasteiger partial charge on any atom is -0.455 e. The summed E-state index contributed by atoms with van der Waals surface area (Å²) >= 11 is 0. The Labute approximate surface area is 253 Å². The van der Waals surface area contributed by atoms with Crippen molar-refractivity contribution in [2.75, 3.05) is 7.11 Å². The van der Waals surface area contributed by atoms with Gasteiger partial charge < -0.3 is 14.6 Å². The molecule has 1 aromatic rings. The molecule has 43 heavy (non-hydrogen) atoms. The molecule has 2 rings (SSSR count). The number of alkyl halides is 3. The number of methoxy groups -OCH3 is 1. The normalized spacial score (nSPS) is 20.1. The first-order valence-corrected chi connectivity index (χ1v) is 14.5. The van der Waals surface area contributed by atoms with E-state index in [1.165, 1.54) is 35.4 Å². The number of halogens is 3. The lowest BCUT2D eigenvalue weighted by molar-refractivity contribution is -0.277. The third kappa shape index (κ3) is 9.90. The molecule has 0 spiro atoms. The van der Waals surface area contributed by atoms with Gasteiger partial charge in [-0.3, -0.25) is 4.79 Å². The van der Waals surface area contributed by atoms with Crippen LogP contribution in [0.15, 0.2) is 89.1 Å². The quantitative estimate of drug-likeness (QED) is 0.171. The maximum atomic E-state index is 14.5. The molecule has 0 bridgehead atoms. The Hall–Kier alpha value is -3.23. The molecule has 0 amide bonds. The third-order valence-corrected chi connectivity index (χ3v) is 7.69. The molecule has 5 nitrogen and oxygen atoms in total. The Morgan fingerprint density at radius 3 is 2.26 bits per heavy atom. The highest BCUT2D eigenvalue weighted by Gasteiger charge is 2.64. The van der Waals surface area contributed by atoms with Gasteiger partial charge in [-0.25, -0.2) is 4.79 Å². The second kappa shape index (κ2) is 16.0. The second-order valence-electron chi connectivity index (χ2n) is 11.6. The van der Waals surface area contributed by atoms with Crippen molar-refractivity contribution in [3.8, 4) is 0 Å². The summed E-state index contributed by atoms with van der Waals surface area (Å²) < 4.78 is 54.1. The summed E-state index contributed by atoms with van der Waals surface area (Å²) in [7, 11) is 0.821. The van der Waals surface area contributed by atoms with Gasteiger partial charge in [-0.1, -0.05) is 71.4 Å². The van der Waals surface area contributed by atoms with Gasteiger partial charge in [-0.2, -0.15) is 13.2 Å². The van der Waals surface area contributed by atoms with E-state index in [1.54, 1.807) is 13.0 Å². The zero-order chi connectivity index (χ0) is 32.4. The molecule has 0 saturated carbocycles. The van der Waals surface area contributed by atoms with Gasteiger partial charge in [-0.15, -0.1) is 0 Å². The summed E-state index contributed by atoms with van der Waals surface area (Å²) in [5.41, 5.74) is 0.398. The number of hydrogen-bond donors (Lipinski definition) is 1. The lowest BCUT2D eigenvalue weighted by Crippen LogP contribution is -2.52. The van der Waals surface area contributed by atoms with Crippen LogP contribution in [-0.4, -0.2) is 42.4 Å². The Kier molecular flexibility index (Phi) is 13.4. The molecule has 1 aliphatic rings. The Balaban J connectivity index is 2.36. The number of ether oxygens (including phenoxy) is 2. The van der Waals surface area contributed by atoms with Crippen molar-refractivity contribution in [3.05, 3.63) is 94.6 Å². The zero-order valence-corrected chi connectivity index (χ0v) is 26.1. The SMILES string of the molecule is C=C(C[C@@H](/C=C(\C)CC/C=C(\C)CCC=C(C)C)OC(=O)[C@@](OC)(c1ccccc1)C(F)(F)F)[C@H]1CC(=O)C(C)=C[C@H]1O. The van der Waals surface area contributed by atoms with Crippen LogP contribution in [0.5, 0.6) is 0 Å². The fraction of sp³-hybridized carbons (Fsp3) is 0.486. The van der Waals surface area contributed by atoms with Gasteiger partial charge in [0.1, 0.15) is 6.10 Å². The van der Waals surface area contributed by atoms with Gasteiger partial charge in [-0.05, 0) is 78.0 Å². The highest BCUT2D eigenvalue weighted by atomic mass is 19.4. The topological polar surface area (TPSA) is 72.8 Å². The van der Waals surface area contributed by atoms with Crippen LogP contribution in [0.1, 0.15) is 78.7 Å². The number of benzene rings is 1. The molecule has 8 heteroatoms. The predicted octanol–water partition coefficient (Wildman–Crippen LogP) is 8.26. The van der Waals surface area contributed by atoms with Crippen LogP contribution < -0.4 is 0 Å². The number of aliphatic hydroxyl groups excluding tert-OH is 1. The van der Waals surface area contributed by atoms with Crippen LogP contribution in [0.2, 0.25) is 0 Å². The molecule has 1 aromatic carbocycles. The number of rotatable bonds is 14. The third-order valence-electron chi connectivity index (χ3n) is 7.69. The number of esters is 1. The molecule has 0 aliphatic heterocycles. The number of carbonyl (C=O) groups is 2. The predicted molar refractivity (Wildman–Crippen MR) is 163 cm³/mol. The summed E-state index contributed by atoms with van der Waals surface area (Å²) in [5, 5.41) is 10.6. The largest absolute Gasteiger partial charge is 0.455 e. The molecular weight excluding hydrogens is 557 g/mol. The number of hydrogen-bond acceptors (Lipinski definition) is 5. The fourth-order valence-corrected chi connectivity index (χ4v) is 5.12. The molecule has 1 N–H and O–H groups in total. The van der Waals surface area contributed by atoms with E-state index in [0.29, 0.717) is 24.0 Å². The first kappa shape index (κ1) is 36.0. The minimum atomic E-state index is -5.12. The number of ketones is 1. The first-order valence-electron chi connectivity index (χ1n) is 14.5. The van der Waals surface area contributed by atoms with Crippen molar-refractivity contribution in [2.24, 2.45) is 5.92 Å². The fourth-order valence-electron chi connectivity index (χ4n) is 5.12. The molecule has 0 radical (unpaired) electrons. The van der Waals surface area contributed by atoms with E-state index in [0.717, 1.165) is 37.7 Å². The van der Waals surface area contributed by atoms with Crippen molar-refractivity contribution in [1.29, 1.82) is 0 Å². The summed E-state index contributed by atoms with van der Waals surface area (Å²) in [6.07, 6.45) is 3.25. The number of carbonyl (C=O) groups excluding carboxylic acids is 2. The van der Waals surface area contributed by atoms with Crippen molar-refractivity contribution in [2.45, 2.75) is 97.1 Å². The van der Waals surface area contributed by atoms with Gasteiger partial charge in [0.25, 0.3) is 5.60 Å². The van der Waals surface area contributed by atoms with Gasteiger partial charge in [0, 0.05) is 31.4 Å². The highest BCUT2D eigenvalue weighted by Crippen LogP contribution is 2.43. The maximum Gasteiger partial charge on any atom is 0.432 e. The molecule has 0 saturated heterocycles. The van der Waals surface area contributed by atoms with E-state index in [-0.39, 0.29) is 18.6 Å². The average molecular weight is 603 g/mol. The molecule has 1 aliphatic carbocycles. The summed E-state index contributed by atoms with van der Waals surface area (Å²) in [6.45, 7) is 13.6. The smallest absolute Gasteiger partial charge is 0.432 e. The standard InChI is InChI=1S/C35H45F3O5/c1-23(2)13-11-14-24(3)15-12-16-25(4)19-29(20-26(5)30-22-31(39)27(6)21-32(30)40)43-33(41)34(42-7,35(36,37)38)28-17-9-8-10-18-28/h8-10,13,15,17-19,21,29-30,32,40H,5,11-12,14,16,20,22H2,1-4,6-7H3/b24-15+,25-19+/t29-,30-,32-,34+/m1/s1. The van der Waals surface area contributed by atoms with E-state index < -0.39 is 41.4 Å². The summed E-state index contributed by atoms with van der Waals surface area (Å²) in [6, 6.07) is 6.64. The Bertz CT molecular complexity index is 1250. The van der Waals surface area contributed by atoms with Crippen molar-refractivity contribution < 1.29 is 37.3 Å². The number of Topliss-reactive ketones (excluding diaryl/α,β-unsaturated/α-hetero) is 1. The Morgan fingerprint density at radius 1 is 1.07 bits per heavy atom. The molecule has 236 valence electrons. The van der Waals surface area contributed by atoms with Crippen molar-refractivity contribution in [3.63, 3.8) is 0 Å². The van der Waals surface area contributed by atoms with Crippen LogP contribution >= 0.6 is 0 Å². The monoisotopic (exact) mass is 602 g/mol. The molecule has 0 heterocycles. The van der Waals surface area contributed by atoms with Crippen molar-refractivity contribution >= 4 is 11.8 Å². The zero-order valence-electron chi connectivity index (χ0n) is 26.1. The van der Waals surface area contributed by atoms with E-state index in [1.807, 2.05) is 6.92 Å². The molecule has 4 atom stereocenters. The van der Waals surface area contributed by atoms with Gasteiger partial charge in [0.05, 0.1) is 6.10 Å². The minimum absolute atomic E-state index is 0.0110. The molecule has 0 fully saturated rings. The van der Waals surface area contributed by atoms with Crippen LogP contribution in [0.3, 0.4) is 0 Å². The van der Waals surface area contributed by atoms with E-state index in [9.17, 15) is 27.9 Å². The lowest BCUT2D eigenvalue weighted by atomic mass is 9.80. The summed E-state index contributed by atoms with van der Waals surface area (Å²) in [4.78, 5) is 25.8. The van der Waals surface area contributed by atoms with Crippen LogP contribution in [0.4, 0.5) is 13.2 Å². The van der Waals surface area contributed by atoms with Crippen LogP contribution in [0.25, 0.3) is 0 Å². The van der Waals surface area contributed by atoms with Crippen LogP contribution in [0, 0.1) is 5.92 Å². The van der Waals surface area contributed by atoms with Gasteiger partial charge in [0.2, 0.25) is 0 Å². The van der Waals surface area contributed by atoms with E-state index in [4.69, 9.17) is 9.47 Å². The van der Waals surface area contributed by atoms with Gasteiger partial charge in [0.15, 0.2) is 5.78 Å². The average Bonchev–Trinajstić information content (AvgIpc) is 2.91.